The zero-order valence-electron chi connectivity index (χ0n) is 9.44. The van der Waals surface area contributed by atoms with Gasteiger partial charge in [0.05, 0.1) is 14.2 Å². The Kier molecular flexibility index (Phi) is 2.82. The summed E-state index contributed by atoms with van der Waals surface area (Å²) in [5.74, 6) is 0.727. The number of benzene rings is 1. The Balaban J connectivity index is 2.29. The van der Waals surface area contributed by atoms with Gasteiger partial charge in [0.25, 0.3) is 10.9 Å². The molecule has 0 radical (unpaired) electrons. The van der Waals surface area contributed by atoms with Gasteiger partial charge in [0.15, 0.2) is 5.75 Å². The average molecular weight is 233 g/mol. The smallest absolute Gasteiger partial charge is 0.272 e. The molecule has 0 aliphatic rings. The van der Waals surface area contributed by atoms with E-state index in [0.29, 0.717) is 11.4 Å². The van der Waals surface area contributed by atoms with Crippen LogP contribution in [-0.4, -0.2) is 14.2 Å². The monoisotopic (exact) mass is 233 g/mol. The second kappa shape index (κ2) is 4.29. The minimum atomic E-state index is -0.599. The van der Waals surface area contributed by atoms with Crippen LogP contribution in [-0.2, 0) is 0 Å². The van der Waals surface area contributed by atoms with Crippen molar-refractivity contribution in [1.29, 1.82) is 0 Å². The molecule has 0 aromatic heterocycles. The molecule has 1 N–H and O–H groups in total. The standard InChI is InChI=1S/C12H11NO4/c1-16-8-5-3-4-7(6-8)13-9-10(14)11(15)12(9)17-2/h3-6,13H,1-2H3. The largest absolute Gasteiger partial charge is 0.497 e. The molecule has 17 heavy (non-hydrogen) atoms. The van der Waals surface area contributed by atoms with Crippen molar-refractivity contribution < 1.29 is 9.47 Å². The molecule has 0 amide bonds. The summed E-state index contributed by atoms with van der Waals surface area (Å²) in [6.07, 6.45) is 0. The van der Waals surface area contributed by atoms with Gasteiger partial charge < -0.3 is 14.8 Å². The summed E-state index contributed by atoms with van der Waals surface area (Å²) in [7, 11) is 2.91. The minimum Gasteiger partial charge on any atom is -0.497 e. The second-order valence-corrected chi connectivity index (χ2v) is 3.42. The first kappa shape index (κ1) is 11.2. The van der Waals surface area contributed by atoms with Crippen molar-refractivity contribution in [3.8, 4) is 11.5 Å². The Morgan fingerprint density at radius 1 is 1.06 bits per heavy atom. The molecule has 5 nitrogen and oxygen atoms in total. The Morgan fingerprint density at radius 3 is 2.47 bits per heavy atom. The lowest BCUT2D eigenvalue weighted by molar-refractivity contribution is 0.408. The van der Waals surface area contributed by atoms with Crippen LogP contribution in [0.3, 0.4) is 0 Å². The number of hydrogen-bond donors (Lipinski definition) is 1. The van der Waals surface area contributed by atoms with E-state index in [4.69, 9.17) is 9.47 Å². The highest BCUT2D eigenvalue weighted by molar-refractivity contribution is 5.70. The average Bonchev–Trinajstić information content (AvgIpc) is 2.38. The maximum absolute atomic E-state index is 11.3. The molecule has 5 heteroatoms. The Labute approximate surface area is 97.3 Å². The van der Waals surface area contributed by atoms with E-state index in [1.165, 1.54) is 7.11 Å². The predicted octanol–water partition coefficient (Wildman–Crippen LogP) is 1.04. The van der Waals surface area contributed by atoms with Gasteiger partial charge in [-0.1, -0.05) is 6.07 Å². The van der Waals surface area contributed by atoms with E-state index in [2.05, 4.69) is 5.32 Å². The van der Waals surface area contributed by atoms with Crippen LogP contribution in [0, 0.1) is 0 Å². The molecule has 0 aliphatic heterocycles. The van der Waals surface area contributed by atoms with E-state index in [1.54, 1.807) is 31.4 Å². The van der Waals surface area contributed by atoms with E-state index in [9.17, 15) is 9.59 Å². The molecule has 0 atom stereocenters. The number of ether oxygens (including phenoxy) is 2. The molecule has 0 saturated carbocycles. The fraction of sp³-hybridized carbons (Fsp3) is 0.167. The van der Waals surface area contributed by atoms with Crippen molar-refractivity contribution in [2.75, 3.05) is 19.5 Å². The van der Waals surface area contributed by atoms with Crippen LogP contribution in [0.25, 0.3) is 0 Å². The van der Waals surface area contributed by atoms with Crippen molar-refractivity contribution in [3.05, 3.63) is 44.7 Å². The third kappa shape index (κ3) is 1.87. The SMILES string of the molecule is COc1cccc(Nc2c(OC)c(=O)c2=O)c1. The molecular formula is C12H11NO4. The predicted molar refractivity (Wildman–Crippen MR) is 64.2 cm³/mol. The van der Waals surface area contributed by atoms with Gasteiger partial charge in [-0.05, 0) is 12.1 Å². The van der Waals surface area contributed by atoms with Gasteiger partial charge in [-0.3, -0.25) is 9.59 Å². The molecule has 0 spiro atoms. The van der Waals surface area contributed by atoms with E-state index in [0.717, 1.165) is 0 Å². The molecule has 0 unspecified atom stereocenters. The van der Waals surface area contributed by atoms with E-state index in [-0.39, 0.29) is 11.4 Å². The lowest BCUT2D eigenvalue weighted by Gasteiger charge is -2.12. The molecule has 0 heterocycles. The molecule has 0 fully saturated rings. The van der Waals surface area contributed by atoms with Gasteiger partial charge >= 0.3 is 0 Å². The number of nitrogens with one attached hydrogen (secondary N) is 1. The summed E-state index contributed by atoms with van der Waals surface area (Å²) in [6.45, 7) is 0. The lowest BCUT2D eigenvalue weighted by atomic mass is 10.2. The van der Waals surface area contributed by atoms with Crippen molar-refractivity contribution in [1.82, 2.24) is 0 Å². The molecular weight excluding hydrogens is 222 g/mol. The summed E-state index contributed by atoms with van der Waals surface area (Å²) in [4.78, 5) is 22.4. The first-order valence-electron chi connectivity index (χ1n) is 4.95. The quantitative estimate of drug-likeness (QED) is 0.799. The first-order valence-corrected chi connectivity index (χ1v) is 4.95. The summed E-state index contributed by atoms with van der Waals surface area (Å²) >= 11 is 0. The van der Waals surface area contributed by atoms with Gasteiger partial charge in [-0.2, -0.15) is 0 Å². The lowest BCUT2D eigenvalue weighted by Crippen LogP contribution is -2.34. The molecule has 0 bridgehead atoms. The molecule has 0 saturated heterocycles. The zero-order chi connectivity index (χ0) is 12.4. The van der Waals surface area contributed by atoms with Crippen LogP contribution in [0.2, 0.25) is 0 Å². The Hall–Kier alpha value is -2.30. The van der Waals surface area contributed by atoms with Gasteiger partial charge in [0.2, 0.25) is 0 Å². The first-order chi connectivity index (χ1) is 8.17. The molecule has 0 aliphatic carbocycles. The summed E-state index contributed by atoms with van der Waals surface area (Å²) in [6, 6.07) is 7.04. The highest BCUT2D eigenvalue weighted by atomic mass is 16.5. The van der Waals surface area contributed by atoms with Crippen molar-refractivity contribution in [3.63, 3.8) is 0 Å². The fourth-order valence-electron chi connectivity index (χ4n) is 1.52. The van der Waals surface area contributed by atoms with E-state index in [1.807, 2.05) is 0 Å². The Morgan fingerprint density at radius 2 is 1.82 bits per heavy atom. The fourth-order valence-corrected chi connectivity index (χ4v) is 1.52. The van der Waals surface area contributed by atoms with E-state index < -0.39 is 10.9 Å². The normalized spacial score (nSPS) is 10.2. The maximum Gasteiger partial charge on any atom is 0.272 e. The van der Waals surface area contributed by atoms with Crippen LogP contribution in [0.4, 0.5) is 11.4 Å². The molecule has 88 valence electrons. The third-order valence-electron chi connectivity index (χ3n) is 2.41. The van der Waals surface area contributed by atoms with Gasteiger partial charge in [0.1, 0.15) is 11.4 Å². The summed E-state index contributed by atoms with van der Waals surface area (Å²) < 4.78 is 9.88. The Bertz CT molecular complexity index is 611. The maximum atomic E-state index is 11.3. The molecule has 2 aromatic rings. The molecule has 2 aromatic carbocycles. The van der Waals surface area contributed by atoms with Crippen LogP contribution < -0.4 is 25.6 Å². The van der Waals surface area contributed by atoms with Crippen LogP contribution >= 0.6 is 0 Å². The van der Waals surface area contributed by atoms with Crippen LogP contribution in [0.1, 0.15) is 0 Å². The van der Waals surface area contributed by atoms with Crippen LogP contribution in [0.15, 0.2) is 33.9 Å². The van der Waals surface area contributed by atoms with Crippen LogP contribution in [0.5, 0.6) is 11.5 Å². The second-order valence-electron chi connectivity index (χ2n) is 3.42. The molecule has 2 rings (SSSR count). The van der Waals surface area contributed by atoms with Gasteiger partial charge in [-0.25, -0.2) is 0 Å². The summed E-state index contributed by atoms with van der Waals surface area (Å²) in [5, 5.41) is 2.84. The van der Waals surface area contributed by atoms with Crippen molar-refractivity contribution in [2.24, 2.45) is 0 Å². The van der Waals surface area contributed by atoms with Crippen molar-refractivity contribution in [2.45, 2.75) is 0 Å². The summed E-state index contributed by atoms with van der Waals surface area (Å²) in [5.41, 5.74) is -0.317. The minimum absolute atomic E-state index is 0.0674. The number of hydrogen-bond acceptors (Lipinski definition) is 5. The number of anilines is 2. The third-order valence-corrected chi connectivity index (χ3v) is 2.41. The highest BCUT2D eigenvalue weighted by Crippen LogP contribution is 2.24. The number of rotatable bonds is 4. The zero-order valence-corrected chi connectivity index (χ0v) is 9.44. The highest BCUT2D eigenvalue weighted by Gasteiger charge is 2.21. The van der Waals surface area contributed by atoms with Gasteiger partial charge in [0, 0.05) is 11.8 Å². The van der Waals surface area contributed by atoms with E-state index >= 15 is 0 Å². The van der Waals surface area contributed by atoms with Gasteiger partial charge in [-0.15, -0.1) is 0 Å². The number of methoxy groups -OCH3 is 2. The topological polar surface area (TPSA) is 64.6 Å². The van der Waals surface area contributed by atoms with Crippen molar-refractivity contribution >= 4 is 11.4 Å².